The molecular weight excluding hydrogens is 132 g/mol. The Balaban J connectivity index is 3.74. The number of rotatable bonds is 3. The number of halogens is 1. The quantitative estimate of drug-likeness (QED) is 0.531. The van der Waals surface area contributed by atoms with Gasteiger partial charge in [0.15, 0.2) is 0 Å². The van der Waals surface area contributed by atoms with Crippen molar-refractivity contribution >= 4 is 11.6 Å². The van der Waals surface area contributed by atoms with Crippen LogP contribution in [0.15, 0.2) is 35.9 Å². The van der Waals surface area contributed by atoms with Crippen molar-refractivity contribution in [2.75, 3.05) is 0 Å². The third-order valence-electron chi connectivity index (χ3n) is 0.790. The van der Waals surface area contributed by atoms with Gasteiger partial charge in [0.25, 0.3) is 0 Å². The monoisotopic (exact) mass is 142 g/mol. The fourth-order valence-electron chi connectivity index (χ4n) is 0.399. The maximum absolute atomic E-state index is 5.66. The largest absolute Gasteiger partial charge is 0.0990 e. The molecule has 0 fully saturated rings. The molecule has 0 atom stereocenters. The first-order valence-corrected chi connectivity index (χ1v) is 3.33. The summed E-state index contributed by atoms with van der Waals surface area (Å²) in [5, 5.41) is 0.729. The highest BCUT2D eigenvalue weighted by Gasteiger charge is 1.77. The molecule has 50 valence electrons. The van der Waals surface area contributed by atoms with Crippen LogP contribution in [0.5, 0.6) is 0 Å². The number of hydrogen-bond donors (Lipinski definition) is 0. The second-order valence-electron chi connectivity index (χ2n) is 1.60. The topological polar surface area (TPSA) is 0 Å². The zero-order valence-electron chi connectivity index (χ0n) is 5.60. The maximum atomic E-state index is 5.66. The molecule has 1 heteroatoms. The van der Waals surface area contributed by atoms with Crippen LogP contribution in [0.3, 0.4) is 0 Å². The van der Waals surface area contributed by atoms with E-state index < -0.39 is 0 Å². The summed E-state index contributed by atoms with van der Waals surface area (Å²) in [4.78, 5) is 0. The van der Waals surface area contributed by atoms with Crippen molar-refractivity contribution in [3.8, 4) is 0 Å². The molecule has 0 aromatic carbocycles. The second kappa shape index (κ2) is 5.64. The Hall–Kier alpha value is -0.490. The molecule has 0 nitrogen and oxygen atoms in total. The predicted molar refractivity (Wildman–Crippen MR) is 43.6 cm³/mol. The van der Waals surface area contributed by atoms with Gasteiger partial charge in [0, 0.05) is 5.03 Å². The molecule has 0 aromatic heterocycles. The minimum Gasteiger partial charge on any atom is -0.0990 e. The van der Waals surface area contributed by atoms with E-state index >= 15 is 0 Å². The molecule has 0 aromatic rings. The molecule has 0 spiro atoms. The van der Waals surface area contributed by atoms with Gasteiger partial charge in [0.1, 0.15) is 0 Å². The zero-order valence-corrected chi connectivity index (χ0v) is 6.36. The van der Waals surface area contributed by atoms with Gasteiger partial charge in [-0.3, -0.25) is 0 Å². The van der Waals surface area contributed by atoms with E-state index in [1.54, 1.807) is 12.2 Å². The normalized spacial score (nSPS) is 12.4. The average Bonchev–Trinajstić information content (AvgIpc) is 1.85. The van der Waals surface area contributed by atoms with Crippen LogP contribution >= 0.6 is 11.6 Å². The third-order valence-corrected chi connectivity index (χ3v) is 1.04. The first-order valence-electron chi connectivity index (χ1n) is 2.96. The van der Waals surface area contributed by atoms with Crippen LogP contribution in [0.2, 0.25) is 0 Å². The molecule has 0 rings (SSSR count). The highest BCUT2D eigenvalue weighted by molar-refractivity contribution is 6.31. The van der Waals surface area contributed by atoms with Crippen molar-refractivity contribution in [2.45, 2.75) is 13.3 Å². The zero-order chi connectivity index (χ0) is 7.11. The van der Waals surface area contributed by atoms with Gasteiger partial charge in [-0.15, -0.1) is 0 Å². The lowest BCUT2D eigenvalue weighted by molar-refractivity contribution is 1.22. The molecule has 0 radical (unpaired) electrons. The molecule has 0 N–H and O–H groups in total. The van der Waals surface area contributed by atoms with Crippen molar-refractivity contribution in [1.82, 2.24) is 0 Å². The summed E-state index contributed by atoms with van der Waals surface area (Å²) in [6.45, 7) is 5.58. The van der Waals surface area contributed by atoms with E-state index in [1.165, 1.54) is 0 Å². The molecule has 0 saturated carbocycles. The van der Waals surface area contributed by atoms with Crippen molar-refractivity contribution in [3.63, 3.8) is 0 Å². The van der Waals surface area contributed by atoms with Crippen molar-refractivity contribution < 1.29 is 0 Å². The summed E-state index contributed by atoms with van der Waals surface area (Å²) in [7, 11) is 0. The summed E-state index contributed by atoms with van der Waals surface area (Å²) >= 11 is 5.66. The van der Waals surface area contributed by atoms with Gasteiger partial charge < -0.3 is 0 Å². The van der Waals surface area contributed by atoms with E-state index in [0.29, 0.717) is 0 Å². The first-order chi connectivity index (χ1) is 4.31. The summed E-state index contributed by atoms with van der Waals surface area (Å²) in [6.07, 6.45) is 8.31. The van der Waals surface area contributed by atoms with Crippen LogP contribution < -0.4 is 0 Å². The van der Waals surface area contributed by atoms with E-state index in [1.807, 2.05) is 12.2 Å². The highest BCUT2D eigenvalue weighted by Crippen LogP contribution is 2.02. The lowest BCUT2D eigenvalue weighted by Gasteiger charge is -1.82. The number of hydrogen-bond acceptors (Lipinski definition) is 0. The van der Waals surface area contributed by atoms with Crippen LogP contribution in [0.4, 0.5) is 0 Å². The summed E-state index contributed by atoms with van der Waals surface area (Å²) in [5.41, 5.74) is 0. The molecule has 0 aliphatic heterocycles. The average molecular weight is 143 g/mol. The highest BCUT2D eigenvalue weighted by atomic mass is 35.5. The molecule has 0 saturated heterocycles. The molecular formula is C8H11Cl. The van der Waals surface area contributed by atoms with E-state index in [0.717, 1.165) is 11.5 Å². The van der Waals surface area contributed by atoms with Gasteiger partial charge >= 0.3 is 0 Å². The lowest BCUT2D eigenvalue weighted by atomic mass is 10.4. The Kier molecular flexibility index (Phi) is 5.34. The number of allylic oxidation sites excluding steroid dienone is 5. The Morgan fingerprint density at radius 2 is 2.33 bits per heavy atom. The Bertz CT molecular complexity index is 132. The molecule has 0 bridgehead atoms. The van der Waals surface area contributed by atoms with Crippen LogP contribution in [0.1, 0.15) is 13.3 Å². The van der Waals surface area contributed by atoms with Gasteiger partial charge in [-0.2, -0.15) is 0 Å². The fourth-order valence-corrected chi connectivity index (χ4v) is 0.577. The molecule has 0 unspecified atom stereocenters. The molecule has 0 aliphatic rings. The van der Waals surface area contributed by atoms with Gasteiger partial charge in [-0.25, -0.2) is 0 Å². The molecule has 0 heterocycles. The first kappa shape index (κ1) is 8.51. The maximum Gasteiger partial charge on any atom is 0.0402 e. The minimum absolute atomic E-state index is 0.729. The van der Waals surface area contributed by atoms with Crippen LogP contribution in [0.25, 0.3) is 0 Å². The van der Waals surface area contributed by atoms with E-state index in [9.17, 15) is 0 Å². The van der Waals surface area contributed by atoms with Gasteiger partial charge in [-0.1, -0.05) is 37.3 Å². The van der Waals surface area contributed by atoms with Gasteiger partial charge in [0.2, 0.25) is 0 Å². The molecule has 0 amide bonds. The fraction of sp³-hybridized carbons (Fsp3) is 0.250. The van der Waals surface area contributed by atoms with Crippen molar-refractivity contribution in [3.05, 3.63) is 35.9 Å². The summed E-state index contributed by atoms with van der Waals surface area (Å²) in [5.74, 6) is 0. The third kappa shape index (κ3) is 5.38. The Labute approximate surface area is 61.5 Å². The standard InChI is InChI=1S/C8H11Cl/c1-3-5-7-8(9)6-4-2/h4-7H,2-3H2,1H3/b7-5+,8-6-. The van der Waals surface area contributed by atoms with E-state index in [4.69, 9.17) is 11.6 Å². The van der Waals surface area contributed by atoms with Crippen LogP contribution in [0, 0.1) is 0 Å². The van der Waals surface area contributed by atoms with E-state index in [-0.39, 0.29) is 0 Å². The van der Waals surface area contributed by atoms with Crippen molar-refractivity contribution in [2.24, 2.45) is 0 Å². The molecule has 0 aliphatic carbocycles. The van der Waals surface area contributed by atoms with Gasteiger partial charge in [0.05, 0.1) is 0 Å². The molecule has 9 heavy (non-hydrogen) atoms. The Morgan fingerprint density at radius 1 is 1.67 bits per heavy atom. The van der Waals surface area contributed by atoms with Crippen LogP contribution in [-0.2, 0) is 0 Å². The summed E-state index contributed by atoms with van der Waals surface area (Å²) in [6, 6.07) is 0. The van der Waals surface area contributed by atoms with E-state index in [2.05, 4.69) is 13.5 Å². The lowest BCUT2D eigenvalue weighted by Crippen LogP contribution is -1.59. The van der Waals surface area contributed by atoms with Gasteiger partial charge in [-0.05, 0) is 18.6 Å². The minimum atomic E-state index is 0.729. The van der Waals surface area contributed by atoms with Crippen LogP contribution in [-0.4, -0.2) is 0 Å². The smallest absolute Gasteiger partial charge is 0.0402 e. The van der Waals surface area contributed by atoms with Crippen molar-refractivity contribution in [1.29, 1.82) is 0 Å². The summed E-state index contributed by atoms with van der Waals surface area (Å²) < 4.78 is 0. The predicted octanol–water partition coefficient (Wildman–Crippen LogP) is 3.26. The SMILES string of the molecule is C=C/C=C(Cl)/C=C/CC. The second-order valence-corrected chi connectivity index (χ2v) is 2.03. The Morgan fingerprint density at radius 3 is 2.78 bits per heavy atom.